The first-order valence-corrected chi connectivity index (χ1v) is 7.51. The Kier molecular flexibility index (Phi) is 7.13. The Morgan fingerprint density at radius 3 is 2.15 bits per heavy atom. The molecule has 20 heavy (non-hydrogen) atoms. The highest BCUT2D eigenvalue weighted by Crippen LogP contribution is 2.25. The number of unbranched alkanes of at least 4 members (excludes halogenated alkanes) is 5. The van der Waals surface area contributed by atoms with Gasteiger partial charge in [-0.2, -0.15) is 0 Å². The summed E-state index contributed by atoms with van der Waals surface area (Å²) in [7, 11) is 0. The lowest BCUT2D eigenvalue weighted by Gasteiger charge is -2.14. The summed E-state index contributed by atoms with van der Waals surface area (Å²) in [6, 6.07) is 3.22. The van der Waals surface area contributed by atoms with Gasteiger partial charge >= 0.3 is 0 Å². The van der Waals surface area contributed by atoms with Crippen molar-refractivity contribution in [3.63, 3.8) is 0 Å². The number of hydrogen-bond donors (Lipinski definition) is 0. The van der Waals surface area contributed by atoms with Crippen molar-refractivity contribution in [1.82, 2.24) is 0 Å². The number of rotatable bonds is 9. The maximum Gasteiger partial charge on any atom is 0.125 e. The number of ether oxygens (including phenoxy) is 1. The van der Waals surface area contributed by atoms with Crippen LogP contribution in [0, 0.1) is 13.8 Å². The maximum atomic E-state index is 10.9. The maximum absolute atomic E-state index is 10.9. The average molecular weight is 277 g/mol. The second kappa shape index (κ2) is 8.62. The van der Waals surface area contributed by atoms with Gasteiger partial charge in [0.15, 0.2) is 0 Å². The highest BCUT2D eigenvalue weighted by atomic mass is 16.5. The van der Waals surface area contributed by atoms with Crippen LogP contribution in [-0.2, 0) is 0 Å². The highest BCUT2D eigenvalue weighted by molar-refractivity contribution is 5.86. The third-order valence-corrected chi connectivity index (χ3v) is 3.44. The largest absolute Gasteiger partial charge is 0.545 e. The van der Waals surface area contributed by atoms with Crippen LogP contribution in [0.1, 0.15) is 66.9 Å². The molecule has 0 amide bonds. The lowest BCUT2D eigenvalue weighted by atomic mass is 10.1. The van der Waals surface area contributed by atoms with Gasteiger partial charge in [-0.15, -0.1) is 0 Å². The fraction of sp³-hybridized carbons (Fsp3) is 0.588. The van der Waals surface area contributed by atoms with Crippen LogP contribution in [0.5, 0.6) is 5.75 Å². The van der Waals surface area contributed by atoms with E-state index in [9.17, 15) is 9.90 Å². The Balaban J connectivity index is 2.42. The molecule has 1 rings (SSSR count). The first-order valence-electron chi connectivity index (χ1n) is 7.51. The minimum Gasteiger partial charge on any atom is -0.545 e. The number of carbonyl (C=O) groups excluding carboxylic acids is 1. The number of benzene rings is 1. The smallest absolute Gasteiger partial charge is 0.125 e. The molecule has 0 fully saturated rings. The molecule has 0 saturated carbocycles. The first-order chi connectivity index (χ1) is 9.56. The van der Waals surface area contributed by atoms with Crippen molar-refractivity contribution in [2.75, 3.05) is 6.61 Å². The Morgan fingerprint density at radius 1 is 1.05 bits per heavy atom. The van der Waals surface area contributed by atoms with E-state index in [1.54, 1.807) is 12.1 Å². The minimum absolute atomic E-state index is 0.215. The molecule has 0 radical (unpaired) electrons. The summed E-state index contributed by atoms with van der Waals surface area (Å²) in [5.41, 5.74) is 1.93. The topological polar surface area (TPSA) is 49.4 Å². The third kappa shape index (κ3) is 5.24. The van der Waals surface area contributed by atoms with Gasteiger partial charge in [-0.1, -0.05) is 39.0 Å². The quantitative estimate of drug-likeness (QED) is 0.650. The molecule has 3 nitrogen and oxygen atoms in total. The highest BCUT2D eigenvalue weighted by Gasteiger charge is 2.07. The van der Waals surface area contributed by atoms with E-state index in [2.05, 4.69) is 6.92 Å². The summed E-state index contributed by atoms with van der Waals surface area (Å²) in [6.45, 7) is 6.65. The van der Waals surface area contributed by atoms with Crippen molar-refractivity contribution in [2.24, 2.45) is 0 Å². The van der Waals surface area contributed by atoms with Crippen LogP contribution < -0.4 is 9.84 Å². The second-order valence-corrected chi connectivity index (χ2v) is 5.34. The number of carboxylic acid groups (broad SMARTS) is 1. The predicted molar refractivity (Wildman–Crippen MR) is 79.1 cm³/mol. The molecule has 0 N–H and O–H groups in total. The molecule has 0 aliphatic heterocycles. The summed E-state index contributed by atoms with van der Waals surface area (Å²) < 4.78 is 5.80. The molecule has 0 spiro atoms. The van der Waals surface area contributed by atoms with Crippen LogP contribution in [0.3, 0.4) is 0 Å². The van der Waals surface area contributed by atoms with E-state index in [0.29, 0.717) is 6.61 Å². The fourth-order valence-electron chi connectivity index (χ4n) is 2.35. The van der Waals surface area contributed by atoms with Crippen molar-refractivity contribution in [1.29, 1.82) is 0 Å². The predicted octanol–water partition coefficient (Wildman–Crippen LogP) is 3.41. The van der Waals surface area contributed by atoms with Crippen LogP contribution in [0.25, 0.3) is 0 Å². The molecular weight excluding hydrogens is 252 g/mol. The Hall–Kier alpha value is -1.51. The van der Waals surface area contributed by atoms with Gasteiger partial charge in [0.05, 0.1) is 12.6 Å². The zero-order chi connectivity index (χ0) is 15.0. The molecule has 1 aromatic carbocycles. The summed E-state index contributed by atoms with van der Waals surface area (Å²) in [5.74, 6) is -0.331. The molecule has 3 heteroatoms. The van der Waals surface area contributed by atoms with Gasteiger partial charge in [0.1, 0.15) is 5.75 Å². The Morgan fingerprint density at radius 2 is 1.60 bits per heavy atom. The van der Waals surface area contributed by atoms with E-state index < -0.39 is 5.97 Å². The number of hydrogen-bond acceptors (Lipinski definition) is 3. The Bertz CT molecular complexity index is 415. The molecule has 0 heterocycles. The molecule has 1 aromatic rings. The van der Waals surface area contributed by atoms with Crippen molar-refractivity contribution in [2.45, 2.75) is 59.3 Å². The second-order valence-electron chi connectivity index (χ2n) is 5.34. The average Bonchev–Trinajstić information content (AvgIpc) is 2.40. The zero-order valence-electron chi connectivity index (χ0n) is 12.8. The lowest BCUT2D eigenvalue weighted by Crippen LogP contribution is -2.22. The molecule has 0 saturated heterocycles. The standard InChI is InChI=1S/C17H26O3/c1-4-5-6-7-8-9-10-20-16-13(2)11-15(17(18)19)12-14(16)3/h11-12H,4-10H2,1-3H3,(H,18,19)/p-1. The summed E-state index contributed by atoms with van der Waals surface area (Å²) in [6.07, 6.45) is 7.37. The third-order valence-electron chi connectivity index (χ3n) is 3.44. The van der Waals surface area contributed by atoms with E-state index in [-0.39, 0.29) is 5.56 Å². The number of aromatic carboxylic acids is 1. The van der Waals surface area contributed by atoms with Gasteiger partial charge in [0, 0.05) is 0 Å². The zero-order valence-corrected chi connectivity index (χ0v) is 12.8. The van der Waals surface area contributed by atoms with Gasteiger partial charge in [-0.3, -0.25) is 0 Å². The summed E-state index contributed by atoms with van der Waals surface area (Å²) in [5, 5.41) is 10.9. The van der Waals surface area contributed by atoms with Gasteiger partial charge in [0.2, 0.25) is 0 Å². The molecule has 0 atom stereocenters. The SMILES string of the molecule is CCCCCCCCOc1c(C)cc(C(=O)[O-])cc1C. The molecule has 0 unspecified atom stereocenters. The van der Waals surface area contributed by atoms with Crippen molar-refractivity contribution in [3.05, 3.63) is 28.8 Å². The normalized spacial score (nSPS) is 10.6. The van der Waals surface area contributed by atoms with E-state index in [1.165, 1.54) is 32.1 Å². The summed E-state index contributed by atoms with van der Waals surface area (Å²) in [4.78, 5) is 10.9. The Labute approximate surface area is 122 Å². The first kappa shape index (κ1) is 16.5. The van der Waals surface area contributed by atoms with Crippen LogP contribution in [0.4, 0.5) is 0 Å². The van der Waals surface area contributed by atoms with E-state index in [4.69, 9.17) is 4.74 Å². The number of carbonyl (C=O) groups is 1. The molecule has 0 aromatic heterocycles. The molecular formula is C17H25O3-. The molecule has 0 aliphatic carbocycles. The van der Waals surface area contributed by atoms with Crippen molar-refractivity contribution >= 4 is 5.97 Å². The van der Waals surface area contributed by atoms with E-state index in [1.807, 2.05) is 13.8 Å². The van der Waals surface area contributed by atoms with Crippen LogP contribution in [0.15, 0.2) is 12.1 Å². The van der Waals surface area contributed by atoms with E-state index in [0.717, 1.165) is 23.3 Å². The molecule has 112 valence electrons. The van der Waals surface area contributed by atoms with Crippen LogP contribution >= 0.6 is 0 Å². The minimum atomic E-state index is -1.14. The van der Waals surface area contributed by atoms with Gasteiger partial charge < -0.3 is 14.6 Å². The van der Waals surface area contributed by atoms with Crippen LogP contribution in [-0.4, -0.2) is 12.6 Å². The number of carboxylic acids is 1. The van der Waals surface area contributed by atoms with Gasteiger partial charge in [-0.05, 0) is 49.1 Å². The number of aryl methyl sites for hydroxylation is 2. The summed E-state index contributed by atoms with van der Waals surface area (Å²) >= 11 is 0. The lowest BCUT2D eigenvalue weighted by molar-refractivity contribution is -0.255. The molecule has 0 aliphatic rings. The van der Waals surface area contributed by atoms with Gasteiger partial charge in [-0.25, -0.2) is 0 Å². The fourth-order valence-corrected chi connectivity index (χ4v) is 2.35. The van der Waals surface area contributed by atoms with Crippen molar-refractivity contribution in [3.8, 4) is 5.75 Å². The molecule has 0 bridgehead atoms. The van der Waals surface area contributed by atoms with E-state index >= 15 is 0 Å². The van der Waals surface area contributed by atoms with Crippen molar-refractivity contribution < 1.29 is 14.6 Å². The van der Waals surface area contributed by atoms with Crippen LogP contribution in [0.2, 0.25) is 0 Å². The van der Waals surface area contributed by atoms with Gasteiger partial charge in [0.25, 0.3) is 0 Å². The monoisotopic (exact) mass is 277 g/mol.